The van der Waals surface area contributed by atoms with Gasteiger partial charge in [0.15, 0.2) is 0 Å². The molecule has 1 saturated heterocycles. The fraction of sp³-hybridized carbons (Fsp3) is 0.533. The van der Waals surface area contributed by atoms with E-state index in [1.807, 2.05) is 12.1 Å². The van der Waals surface area contributed by atoms with Gasteiger partial charge in [0.25, 0.3) is 0 Å². The minimum atomic E-state index is 0.503. The third-order valence-corrected chi connectivity index (χ3v) is 3.35. The highest BCUT2D eigenvalue weighted by atomic mass is 16.5. The van der Waals surface area contributed by atoms with Gasteiger partial charge in [0, 0.05) is 19.1 Å². The summed E-state index contributed by atoms with van der Waals surface area (Å²) in [6.45, 7) is 6.62. The fourth-order valence-corrected chi connectivity index (χ4v) is 2.18. The maximum absolute atomic E-state index is 8.71. The van der Waals surface area contributed by atoms with E-state index in [2.05, 4.69) is 17.9 Å². The zero-order chi connectivity index (χ0) is 13.5. The zero-order valence-corrected chi connectivity index (χ0v) is 11.3. The molecule has 4 heteroatoms. The van der Waals surface area contributed by atoms with Crippen LogP contribution in [0.3, 0.4) is 0 Å². The van der Waals surface area contributed by atoms with Crippen molar-refractivity contribution in [3.63, 3.8) is 0 Å². The van der Waals surface area contributed by atoms with Crippen LogP contribution in [0.15, 0.2) is 24.3 Å². The standard InChI is InChI=1S/C15H20N2O2/c1-13-12-18-10-8-17(13)7-2-9-19-15-5-3-14(11-16)4-6-15/h3-6,13H,2,7-10,12H2,1H3/t13-/m0/s1. The van der Waals surface area contributed by atoms with Gasteiger partial charge in [-0.05, 0) is 37.6 Å². The van der Waals surface area contributed by atoms with E-state index in [-0.39, 0.29) is 0 Å². The van der Waals surface area contributed by atoms with Gasteiger partial charge in [-0.3, -0.25) is 4.90 Å². The summed E-state index contributed by atoms with van der Waals surface area (Å²) >= 11 is 0. The van der Waals surface area contributed by atoms with Gasteiger partial charge >= 0.3 is 0 Å². The Kier molecular flexibility index (Phi) is 5.20. The van der Waals surface area contributed by atoms with Gasteiger partial charge in [-0.25, -0.2) is 0 Å². The lowest BCUT2D eigenvalue weighted by Crippen LogP contribution is -2.44. The van der Waals surface area contributed by atoms with Crippen molar-refractivity contribution in [2.24, 2.45) is 0 Å². The van der Waals surface area contributed by atoms with Crippen molar-refractivity contribution in [3.05, 3.63) is 29.8 Å². The molecule has 0 aliphatic carbocycles. The topological polar surface area (TPSA) is 45.5 Å². The van der Waals surface area contributed by atoms with Crippen LogP contribution >= 0.6 is 0 Å². The van der Waals surface area contributed by atoms with Crippen LogP contribution in [0.2, 0.25) is 0 Å². The number of hydrogen-bond donors (Lipinski definition) is 0. The van der Waals surface area contributed by atoms with Gasteiger partial charge < -0.3 is 9.47 Å². The van der Waals surface area contributed by atoms with E-state index in [0.717, 1.165) is 38.5 Å². The number of hydrogen-bond acceptors (Lipinski definition) is 4. The van der Waals surface area contributed by atoms with Crippen molar-refractivity contribution in [1.82, 2.24) is 4.90 Å². The minimum Gasteiger partial charge on any atom is -0.494 e. The Morgan fingerprint density at radius 2 is 2.21 bits per heavy atom. The zero-order valence-electron chi connectivity index (χ0n) is 11.3. The van der Waals surface area contributed by atoms with E-state index in [4.69, 9.17) is 14.7 Å². The van der Waals surface area contributed by atoms with E-state index < -0.39 is 0 Å². The van der Waals surface area contributed by atoms with Crippen molar-refractivity contribution in [1.29, 1.82) is 5.26 Å². The average molecular weight is 260 g/mol. The molecule has 0 amide bonds. The van der Waals surface area contributed by atoms with E-state index in [1.54, 1.807) is 12.1 Å². The van der Waals surface area contributed by atoms with Crippen LogP contribution in [-0.2, 0) is 4.74 Å². The molecule has 2 rings (SSSR count). The maximum Gasteiger partial charge on any atom is 0.119 e. The fourth-order valence-electron chi connectivity index (χ4n) is 2.18. The highest BCUT2D eigenvalue weighted by Gasteiger charge is 2.17. The first-order valence-electron chi connectivity index (χ1n) is 6.74. The van der Waals surface area contributed by atoms with E-state index in [9.17, 15) is 0 Å². The summed E-state index contributed by atoms with van der Waals surface area (Å²) in [4.78, 5) is 2.44. The largest absolute Gasteiger partial charge is 0.494 e. The predicted molar refractivity (Wildman–Crippen MR) is 73.1 cm³/mol. The van der Waals surface area contributed by atoms with E-state index in [0.29, 0.717) is 18.2 Å². The molecule has 0 aromatic heterocycles. The molecule has 1 heterocycles. The lowest BCUT2D eigenvalue weighted by Gasteiger charge is -2.33. The number of morpholine rings is 1. The number of ether oxygens (including phenoxy) is 2. The molecule has 1 aliphatic rings. The molecule has 0 bridgehead atoms. The molecule has 0 N–H and O–H groups in total. The summed E-state index contributed by atoms with van der Waals surface area (Å²) in [6.07, 6.45) is 1.00. The molecule has 102 valence electrons. The first kappa shape index (κ1) is 13.9. The van der Waals surface area contributed by atoms with Crippen molar-refractivity contribution in [3.8, 4) is 11.8 Å². The Labute approximate surface area is 114 Å². The molecule has 1 atom stereocenters. The molecule has 0 radical (unpaired) electrons. The molecular weight excluding hydrogens is 240 g/mol. The smallest absolute Gasteiger partial charge is 0.119 e. The Morgan fingerprint density at radius 1 is 1.42 bits per heavy atom. The molecule has 0 saturated carbocycles. The molecule has 4 nitrogen and oxygen atoms in total. The molecule has 1 aromatic carbocycles. The Bertz CT molecular complexity index is 425. The molecule has 0 unspecified atom stereocenters. The summed E-state index contributed by atoms with van der Waals surface area (Å²) in [5.41, 5.74) is 0.662. The van der Waals surface area contributed by atoms with Crippen LogP contribution in [0.1, 0.15) is 18.9 Å². The maximum atomic E-state index is 8.71. The molecular formula is C15H20N2O2. The quantitative estimate of drug-likeness (QED) is 0.760. The monoisotopic (exact) mass is 260 g/mol. The molecule has 1 aliphatic heterocycles. The average Bonchev–Trinajstić information content (AvgIpc) is 2.46. The Hall–Kier alpha value is -1.57. The summed E-state index contributed by atoms with van der Waals surface area (Å²) in [5.74, 6) is 0.828. The van der Waals surface area contributed by atoms with Gasteiger partial charge in [0.2, 0.25) is 0 Å². The molecule has 1 aromatic rings. The molecule has 0 spiro atoms. The van der Waals surface area contributed by atoms with Gasteiger partial charge in [-0.1, -0.05) is 0 Å². The van der Waals surface area contributed by atoms with Crippen molar-refractivity contribution < 1.29 is 9.47 Å². The second-order valence-corrected chi connectivity index (χ2v) is 4.80. The van der Waals surface area contributed by atoms with Crippen LogP contribution in [0.4, 0.5) is 0 Å². The highest BCUT2D eigenvalue weighted by Crippen LogP contribution is 2.12. The van der Waals surface area contributed by atoms with Crippen LogP contribution in [0.5, 0.6) is 5.75 Å². The SMILES string of the molecule is C[C@H]1COCCN1CCCOc1ccc(C#N)cc1. The third-order valence-electron chi connectivity index (χ3n) is 3.35. The lowest BCUT2D eigenvalue weighted by atomic mass is 10.2. The van der Waals surface area contributed by atoms with Crippen LogP contribution < -0.4 is 4.74 Å². The van der Waals surface area contributed by atoms with Gasteiger partial charge in [-0.15, -0.1) is 0 Å². The number of rotatable bonds is 5. The molecule has 19 heavy (non-hydrogen) atoms. The van der Waals surface area contributed by atoms with Crippen molar-refractivity contribution in [2.45, 2.75) is 19.4 Å². The Balaban J connectivity index is 1.67. The number of nitrogens with zero attached hydrogens (tertiary/aromatic N) is 2. The normalized spacial score (nSPS) is 19.9. The van der Waals surface area contributed by atoms with E-state index >= 15 is 0 Å². The van der Waals surface area contributed by atoms with Crippen molar-refractivity contribution >= 4 is 0 Å². The molecule has 1 fully saturated rings. The first-order valence-corrected chi connectivity index (χ1v) is 6.74. The van der Waals surface area contributed by atoms with Gasteiger partial charge in [-0.2, -0.15) is 5.26 Å². The summed E-state index contributed by atoms with van der Waals surface area (Å²) in [6, 6.07) is 9.84. The van der Waals surface area contributed by atoms with Gasteiger partial charge in [0.1, 0.15) is 5.75 Å². The van der Waals surface area contributed by atoms with E-state index in [1.165, 1.54) is 0 Å². The summed E-state index contributed by atoms with van der Waals surface area (Å²) in [7, 11) is 0. The lowest BCUT2D eigenvalue weighted by molar-refractivity contribution is -0.00200. The Morgan fingerprint density at radius 3 is 2.89 bits per heavy atom. The summed E-state index contributed by atoms with van der Waals surface area (Å²) in [5, 5.41) is 8.71. The highest BCUT2D eigenvalue weighted by molar-refractivity contribution is 5.34. The minimum absolute atomic E-state index is 0.503. The second-order valence-electron chi connectivity index (χ2n) is 4.80. The third kappa shape index (κ3) is 4.23. The van der Waals surface area contributed by atoms with Crippen LogP contribution in [0.25, 0.3) is 0 Å². The number of nitriles is 1. The summed E-state index contributed by atoms with van der Waals surface area (Å²) < 4.78 is 11.1. The number of benzene rings is 1. The van der Waals surface area contributed by atoms with Crippen LogP contribution in [0, 0.1) is 11.3 Å². The van der Waals surface area contributed by atoms with Crippen molar-refractivity contribution in [2.75, 3.05) is 32.9 Å². The second kappa shape index (κ2) is 7.13. The van der Waals surface area contributed by atoms with Gasteiger partial charge in [0.05, 0.1) is 31.5 Å². The van der Waals surface area contributed by atoms with Crippen LogP contribution in [-0.4, -0.2) is 43.9 Å². The first-order chi connectivity index (χ1) is 9.29. The predicted octanol–water partition coefficient (Wildman–Crippen LogP) is 2.05.